The molecule has 0 aliphatic heterocycles. The van der Waals surface area contributed by atoms with Crippen molar-refractivity contribution in [1.29, 1.82) is 0 Å². The van der Waals surface area contributed by atoms with Gasteiger partial charge in [-0.3, -0.25) is 4.79 Å². The molecule has 0 aromatic rings. The van der Waals surface area contributed by atoms with Gasteiger partial charge in [-0.15, -0.1) is 0 Å². The Morgan fingerprint density at radius 1 is 1.83 bits per heavy atom. The van der Waals surface area contributed by atoms with E-state index in [9.17, 15) is 4.79 Å². The van der Waals surface area contributed by atoms with Crippen LogP contribution in [-0.4, -0.2) is 17.0 Å². The van der Waals surface area contributed by atoms with E-state index in [4.69, 9.17) is 5.11 Å². The standard InChI is InChI=1S/C2H3ClO2.Ru/c3-2(5)1-4;/h4H,1H2;. The summed E-state index contributed by atoms with van der Waals surface area (Å²) in [6.45, 7) is -0.568. The molecular weight excluding hydrogens is 193 g/mol. The van der Waals surface area contributed by atoms with E-state index in [2.05, 4.69) is 11.6 Å². The van der Waals surface area contributed by atoms with Crippen LogP contribution >= 0.6 is 11.6 Å². The second-order valence-electron chi connectivity index (χ2n) is 0.513. The first-order chi connectivity index (χ1) is 2.27. The molecule has 0 fully saturated rings. The predicted octanol–water partition coefficient (Wildman–Crippen LogP) is -0.258. The molecule has 0 saturated heterocycles. The molecule has 0 aliphatic carbocycles. The molecule has 1 N–H and O–H groups in total. The van der Waals surface area contributed by atoms with E-state index in [0.717, 1.165) is 0 Å². The smallest absolute Gasteiger partial charge is 0.247 e. The van der Waals surface area contributed by atoms with Crippen molar-refractivity contribution in [1.82, 2.24) is 0 Å². The molecule has 0 bridgehead atoms. The quantitative estimate of drug-likeness (QED) is 0.463. The second-order valence-corrected chi connectivity index (χ2v) is 0.935. The van der Waals surface area contributed by atoms with E-state index in [1.54, 1.807) is 0 Å². The number of carbonyl (C=O) groups excluding carboxylic acids is 1. The number of hydrogen-bond acceptors (Lipinski definition) is 2. The minimum Gasteiger partial charge on any atom is -0.387 e. The molecule has 0 spiro atoms. The Morgan fingerprint density at radius 3 is 2.00 bits per heavy atom. The fourth-order valence-electron chi connectivity index (χ4n) is 0. The molecule has 0 atom stereocenters. The van der Waals surface area contributed by atoms with E-state index >= 15 is 0 Å². The Bertz CT molecular complexity index is 46.8. The summed E-state index contributed by atoms with van der Waals surface area (Å²) >= 11 is 4.57. The first-order valence-electron chi connectivity index (χ1n) is 1.06. The van der Waals surface area contributed by atoms with Gasteiger partial charge >= 0.3 is 0 Å². The molecule has 2 nitrogen and oxygen atoms in total. The Labute approximate surface area is 53.2 Å². The van der Waals surface area contributed by atoms with Gasteiger partial charge in [0.15, 0.2) is 0 Å². The Hall–Kier alpha value is 0.543. The number of carbonyl (C=O) groups is 1. The van der Waals surface area contributed by atoms with Crippen LogP contribution < -0.4 is 0 Å². The van der Waals surface area contributed by atoms with Crippen molar-refractivity contribution < 1.29 is 29.4 Å². The van der Waals surface area contributed by atoms with Crippen molar-refractivity contribution >= 4 is 16.8 Å². The van der Waals surface area contributed by atoms with Crippen LogP contribution in [0.15, 0.2) is 0 Å². The fraction of sp³-hybridized carbons (Fsp3) is 0.500. The zero-order valence-corrected chi connectivity index (χ0v) is 5.29. The summed E-state index contributed by atoms with van der Waals surface area (Å²) in [7, 11) is 0. The van der Waals surface area contributed by atoms with E-state index in [-0.39, 0.29) is 19.5 Å². The predicted molar refractivity (Wildman–Crippen MR) is 17.9 cm³/mol. The maximum Gasteiger partial charge on any atom is 0.247 e. The van der Waals surface area contributed by atoms with Crippen LogP contribution in [0.5, 0.6) is 0 Å². The van der Waals surface area contributed by atoms with Crippen molar-refractivity contribution in [2.45, 2.75) is 0 Å². The van der Waals surface area contributed by atoms with Gasteiger partial charge in [0, 0.05) is 19.5 Å². The van der Waals surface area contributed by atoms with E-state index < -0.39 is 11.8 Å². The molecule has 0 radical (unpaired) electrons. The molecule has 0 aliphatic rings. The summed E-state index contributed by atoms with van der Waals surface area (Å²) in [5.41, 5.74) is 0. The van der Waals surface area contributed by atoms with Crippen molar-refractivity contribution in [3.63, 3.8) is 0 Å². The third kappa shape index (κ3) is 8.82. The number of halogens is 1. The molecule has 0 heterocycles. The summed E-state index contributed by atoms with van der Waals surface area (Å²) in [4.78, 5) is 9.33. The minimum absolute atomic E-state index is 0. The third-order valence-electron chi connectivity index (χ3n) is 0.124. The molecule has 0 amide bonds. The van der Waals surface area contributed by atoms with Crippen molar-refractivity contribution in [3.8, 4) is 0 Å². The van der Waals surface area contributed by atoms with Gasteiger partial charge in [-0.2, -0.15) is 0 Å². The van der Waals surface area contributed by atoms with Gasteiger partial charge in [-0.25, -0.2) is 0 Å². The SMILES string of the molecule is O=C(Cl)CO.[Ru]. The average molecular weight is 196 g/mol. The van der Waals surface area contributed by atoms with Crippen LogP contribution in [0.3, 0.4) is 0 Å². The Morgan fingerprint density at radius 2 is 2.00 bits per heavy atom. The minimum atomic E-state index is -0.718. The fourth-order valence-corrected chi connectivity index (χ4v) is 0. The molecule has 0 aromatic carbocycles. The van der Waals surface area contributed by atoms with E-state index in [1.807, 2.05) is 0 Å². The van der Waals surface area contributed by atoms with Crippen LogP contribution in [0.25, 0.3) is 0 Å². The van der Waals surface area contributed by atoms with Crippen LogP contribution in [0.2, 0.25) is 0 Å². The van der Waals surface area contributed by atoms with E-state index in [0.29, 0.717) is 0 Å². The normalized spacial score (nSPS) is 6.33. The summed E-state index contributed by atoms with van der Waals surface area (Å²) in [5.74, 6) is 0. The zero-order valence-electron chi connectivity index (χ0n) is 2.79. The van der Waals surface area contributed by atoms with Crippen molar-refractivity contribution in [2.24, 2.45) is 0 Å². The molecule has 4 heteroatoms. The Balaban J connectivity index is 0. The van der Waals surface area contributed by atoms with Crippen LogP contribution in [0, 0.1) is 0 Å². The summed E-state index contributed by atoms with van der Waals surface area (Å²) in [6, 6.07) is 0. The monoisotopic (exact) mass is 196 g/mol. The third-order valence-corrected chi connectivity index (χ3v) is 0.244. The summed E-state index contributed by atoms with van der Waals surface area (Å²) < 4.78 is 0. The van der Waals surface area contributed by atoms with Crippen LogP contribution in [-0.2, 0) is 24.3 Å². The average Bonchev–Trinajstić information content (AvgIpc) is 1.38. The maximum atomic E-state index is 9.33. The summed E-state index contributed by atoms with van der Waals surface area (Å²) in [6.07, 6.45) is 0. The van der Waals surface area contributed by atoms with Gasteiger partial charge in [0.1, 0.15) is 6.61 Å². The second kappa shape index (κ2) is 5.54. The van der Waals surface area contributed by atoms with Gasteiger partial charge in [0.25, 0.3) is 0 Å². The molecule has 6 heavy (non-hydrogen) atoms. The molecule has 38 valence electrons. The van der Waals surface area contributed by atoms with Crippen LogP contribution in [0.4, 0.5) is 0 Å². The first kappa shape index (κ1) is 9.74. The molecule has 0 saturated carbocycles. The van der Waals surface area contributed by atoms with Crippen molar-refractivity contribution in [2.75, 3.05) is 6.61 Å². The van der Waals surface area contributed by atoms with Gasteiger partial charge < -0.3 is 5.11 Å². The van der Waals surface area contributed by atoms with Crippen LogP contribution in [0.1, 0.15) is 0 Å². The first-order valence-corrected chi connectivity index (χ1v) is 1.44. The largest absolute Gasteiger partial charge is 0.387 e. The van der Waals surface area contributed by atoms with Gasteiger partial charge in [0.2, 0.25) is 5.24 Å². The van der Waals surface area contributed by atoms with Crippen molar-refractivity contribution in [3.05, 3.63) is 0 Å². The molecule has 0 aromatic heterocycles. The topological polar surface area (TPSA) is 37.3 Å². The summed E-state index contributed by atoms with van der Waals surface area (Å²) in [5, 5.41) is 6.94. The molecule has 0 unspecified atom stereocenters. The maximum absolute atomic E-state index is 9.33. The molecule has 0 rings (SSSR count). The Kier molecular flexibility index (Phi) is 9.00. The molecular formula is C2H3ClO2Ru. The zero-order chi connectivity index (χ0) is 4.28. The van der Waals surface area contributed by atoms with Gasteiger partial charge in [0.05, 0.1) is 0 Å². The van der Waals surface area contributed by atoms with Gasteiger partial charge in [-0.05, 0) is 11.6 Å². The van der Waals surface area contributed by atoms with Gasteiger partial charge in [-0.1, -0.05) is 0 Å². The number of aliphatic hydroxyl groups excluding tert-OH is 1. The number of rotatable bonds is 1. The number of aliphatic hydroxyl groups is 1. The number of hydrogen-bond donors (Lipinski definition) is 1. The van der Waals surface area contributed by atoms with E-state index in [1.165, 1.54) is 0 Å².